The Kier molecular flexibility index (Phi) is 79.5. The molecular formula is C115H186BrClO6. The van der Waals surface area contributed by atoms with E-state index < -0.39 is 0 Å². The van der Waals surface area contributed by atoms with Crippen LogP contribution in [0.3, 0.4) is 0 Å². The van der Waals surface area contributed by atoms with Crippen LogP contribution in [0, 0.1) is 41.5 Å². The molecule has 0 aliphatic rings. The maximum Gasteiger partial charge on any atom is 0.338 e. The van der Waals surface area contributed by atoms with Crippen LogP contribution in [0.25, 0.3) is 0 Å². The van der Waals surface area contributed by atoms with Crippen LogP contribution in [-0.2, 0) is 17.6 Å². The van der Waals surface area contributed by atoms with E-state index in [-0.39, 0.29) is 17.5 Å². The number of ketones is 2. The van der Waals surface area contributed by atoms with E-state index in [1.54, 1.807) is 42.5 Å². The quantitative estimate of drug-likeness (QED) is 0.0171. The average molecular weight is 1780 g/mol. The zero-order valence-corrected chi connectivity index (χ0v) is 83.7. The molecule has 8 heteroatoms. The first kappa shape index (κ1) is 116. The van der Waals surface area contributed by atoms with Crippen LogP contribution in [0.5, 0.6) is 11.5 Å². The number of phenols is 2. The summed E-state index contributed by atoms with van der Waals surface area (Å²) in [6, 6.07) is 39.7. The zero-order chi connectivity index (χ0) is 89.9. The summed E-state index contributed by atoms with van der Waals surface area (Å²) in [5.74, 6) is 1.29. The third-order valence-electron chi connectivity index (χ3n) is 24.0. The minimum absolute atomic E-state index is 0.115. The molecule has 6 aromatic rings. The van der Waals surface area contributed by atoms with Gasteiger partial charge in [-0.15, -0.1) is 11.6 Å². The van der Waals surface area contributed by atoms with Crippen LogP contribution in [0.4, 0.5) is 0 Å². The molecule has 0 aliphatic carbocycles. The Labute approximate surface area is 772 Å². The van der Waals surface area contributed by atoms with E-state index in [9.17, 15) is 19.5 Å². The van der Waals surface area contributed by atoms with Crippen molar-refractivity contribution in [1.29, 1.82) is 0 Å². The molecule has 0 saturated heterocycles. The lowest BCUT2D eigenvalue weighted by molar-refractivity contribution is 0.0497. The Bertz CT molecular complexity index is 3300. The zero-order valence-electron chi connectivity index (χ0n) is 81.4. The number of hydrogen-bond donors (Lipinski definition) is 2. The van der Waals surface area contributed by atoms with Crippen molar-refractivity contribution in [3.8, 4) is 11.5 Å². The molecule has 696 valence electrons. The first-order valence-corrected chi connectivity index (χ1v) is 52.9. The highest BCUT2D eigenvalue weighted by atomic mass is 79.9. The molecule has 6 aromatic carbocycles. The lowest BCUT2D eigenvalue weighted by Crippen LogP contribution is -2.13. The number of rotatable bonds is 68. The van der Waals surface area contributed by atoms with Crippen LogP contribution >= 0.6 is 27.5 Å². The van der Waals surface area contributed by atoms with Gasteiger partial charge in [-0.05, 0) is 139 Å². The molecule has 0 atom stereocenters. The lowest BCUT2D eigenvalue weighted by atomic mass is 9.90. The number of carbonyl (C=O) groups excluding carboxylic acids is 3. The molecule has 0 aliphatic heterocycles. The van der Waals surface area contributed by atoms with Crippen LogP contribution < -0.4 is 0 Å². The number of carbonyl (C=O) groups is 3. The van der Waals surface area contributed by atoms with Crippen LogP contribution in [0.15, 0.2) is 127 Å². The summed E-state index contributed by atoms with van der Waals surface area (Å²) in [5.41, 5.74) is 11.6. The third-order valence-corrected chi connectivity index (χ3v) is 24.8. The fraction of sp³-hybridized carbons (Fsp3) is 0.661. The Hall–Kier alpha value is -5.50. The molecule has 0 heterocycles. The van der Waals surface area contributed by atoms with Crippen molar-refractivity contribution >= 4 is 45.1 Å². The Morgan fingerprint density at radius 2 is 0.569 bits per heavy atom. The van der Waals surface area contributed by atoms with E-state index in [1.165, 1.54) is 395 Å². The van der Waals surface area contributed by atoms with Gasteiger partial charge in [0.1, 0.15) is 11.5 Å². The van der Waals surface area contributed by atoms with Crippen LogP contribution in [0.2, 0.25) is 0 Å². The minimum atomic E-state index is -0.198. The second kappa shape index (κ2) is 84.6. The van der Waals surface area contributed by atoms with Crippen LogP contribution in [0.1, 0.15) is 507 Å². The number of halogens is 2. The highest BCUT2D eigenvalue weighted by Gasteiger charge is 2.22. The third kappa shape index (κ3) is 65.7. The topological polar surface area (TPSA) is 101 Å². The SMILES string of the molecule is CCCCCCCCCCCCCCCCBr.CCCCCCCCCCCCCCCCCCCl.CCCCCCCCCCCCCCCCCCOC(=O)c1ccccc1.CCCCCCCCCc1ccc(O)c(CCCCCCCCC)c1.Cc1ccc(C(=O)c2ccccc2C(=O)c2ccc(C)cc2C)c(C)c1.Cc1ccc(O)c(C)c1. The lowest BCUT2D eigenvalue weighted by Gasteiger charge is -2.12. The van der Waals surface area contributed by atoms with Gasteiger partial charge in [0.15, 0.2) is 11.6 Å². The van der Waals surface area contributed by atoms with Gasteiger partial charge >= 0.3 is 5.97 Å². The Morgan fingerprint density at radius 1 is 0.285 bits per heavy atom. The van der Waals surface area contributed by atoms with Gasteiger partial charge in [0.2, 0.25) is 0 Å². The van der Waals surface area contributed by atoms with Crippen molar-refractivity contribution in [2.45, 2.75) is 474 Å². The number of benzene rings is 6. The van der Waals surface area contributed by atoms with Gasteiger partial charge in [-0.1, -0.05) is 524 Å². The molecule has 6 nitrogen and oxygen atoms in total. The molecule has 0 saturated carbocycles. The van der Waals surface area contributed by atoms with Gasteiger partial charge in [0, 0.05) is 33.5 Å². The summed E-state index contributed by atoms with van der Waals surface area (Å²) in [6.45, 7) is 23.7. The molecule has 0 fully saturated rings. The van der Waals surface area contributed by atoms with E-state index in [0.29, 0.717) is 45.9 Å². The summed E-state index contributed by atoms with van der Waals surface area (Å²) >= 11 is 9.14. The maximum atomic E-state index is 13.1. The van der Waals surface area contributed by atoms with E-state index in [2.05, 4.69) is 62.7 Å². The van der Waals surface area contributed by atoms with E-state index in [1.807, 2.05) is 114 Å². The number of aryl methyl sites for hydroxylation is 8. The summed E-state index contributed by atoms with van der Waals surface area (Å²) < 4.78 is 5.31. The molecule has 0 amide bonds. The smallest absolute Gasteiger partial charge is 0.338 e. The summed E-state index contributed by atoms with van der Waals surface area (Å²) in [7, 11) is 0. The molecule has 0 aromatic heterocycles. The predicted molar refractivity (Wildman–Crippen MR) is 545 cm³/mol. The van der Waals surface area contributed by atoms with E-state index in [0.717, 1.165) is 58.5 Å². The van der Waals surface area contributed by atoms with Gasteiger partial charge in [-0.2, -0.15) is 0 Å². The fourth-order valence-electron chi connectivity index (χ4n) is 16.1. The summed E-state index contributed by atoms with van der Waals surface area (Å²) in [5, 5.41) is 20.3. The number of ether oxygens (including phenoxy) is 1. The molecular weight excluding hydrogens is 1590 g/mol. The van der Waals surface area contributed by atoms with Crippen molar-refractivity contribution in [2.75, 3.05) is 17.8 Å². The van der Waals surface area contributed by atoms with Crippen molar-refractivity contribution in [2.24, 2.45) is 0 Å². The number of phenolic OH excluding ortho intramolecular Hbond substituents is 2. The number of hydrogen-bond acceptors (Lipinski definition) is 6. The molecule has 0 unspecified atom stereocenters. The Morgan fingerprint density at radius 3 is 0.886 bits per heavy atom. The number of unbranched alkanes of at least 4 members (excludes halogenated alkanes) is 55. The highest BCUT2D eigenvalue weighted by Crippen LogP contribution is 2.27. The van der Waals surface area contributed by atoms with E-state index >= 15 is 0 Å². The first-order valence-electron chi connectivity index (χ1n) is 51.3. The van der Waals surface area contributed by atoms with Gasteiger partial charge in [-0.3, -0.25) is 9.59 Å². The number of alkyl halides is 2. The fourth-order valence-corrected chi connectivity index (χ4v) is 16.7. The van der Waals surface area contributed by atoms with Crippen molar-refractivity contribution < 1.29 is 29.3 Å². The maximum absolute atomic E-state index is 13.1. The van der Waals surface area contributed by atoms with Crippen molar-refractivity contribution in [3.63, 3.8) is 0 Å². The molecule has 2 N–H and O–H groups in total. The second-order valence-corrected chi connectivity index (χ2v) is 37.1. The highest BCUT2D eigenvalue weighted by molar-refractivity contribution is 9.09. The van der Waals surface area contributed by atoms with Gasteiger partial charge in [-0.25, -0.2) is 4.79 Å². The standard InChI is InChI=1S/C25H42O2.C24H22O2.C24H42O.C18H37Cl.C16H33Br.C8H10O/c1-2-3-4-5-6-7-8-9-10-11-12-13-14-15-16-20-23-27-25(26)24-21-18-17-19-22-24;1-15-9-11-19(17(3)13-15)23(25)21-7-5-6-8-22(21)24(26)20-12-10-16(2)14-18(20)4;1-3-5-7-9-11-13-15-17-22-19-20-24(25)23(21-22)18-16-14-12-10-8-6-4-2;1-2-3-4-5-6-7-8-9-10-11-12-13-14-15-16-17-18-19;1-2-3-4-5-6-7-8-9-10-11-12-13-14-15-16-17;1-6-3-4-8(9)7(2)5-6/h17-19,21-22H,2-16,20,23H2,1H3;5-14H,1-4H3;19-21,25H,3-18H2,1-2H3;2-18H2,1H3;2-16H2,1H3;3-5,9H,1-2H3. The molecule has 6 rings (SSSR count). The number of aromatic hydroxyl groups is 2. The monoisotopic (exact) mass is 1780 g/mol. The first-order chi connectivity index (χ1) is 60.0. The van der Waals surface area contributed by atoms with Crippen molar-refractivity contribution in [1.82, 2.24) is 0 Å². The minimum Gasteiger partial charge on any atom is -0.508 e. The second-order valence-electron chi connectivity index (χ2n) is 35.9. The summed E-state index contributed by atoms with van der Waals surface area (Å²) in [4.78, 5) is 38.0. The molecule has 0 bridgehead atoms. The molecule has 123 heavy (non-hydrogen) atoms. The largest absolute Gasteiger partial charge is 0.508 e. The summed E-state index contributed by atoms with van der Waals surface area (Å²) in [6.07, 6.45) is 85.9. The Balaban J connectivity index is 0.000000755. The predicted octanol–water partition coefficient (Wildman–Crippen LogP) is 37.8. The van der Waals surface area contributed by atoms with Gasteiger partial charge < -0.3 is 14.9 Å². The van der Waals surface area contributed by atoms with Gasteiger partial charge in [0.05, 0.1) is 12.2 Å². The molecule has 0 radical (unpaired) electrons. The molecule has 0 spiro atoms. The normalized spacial score (nSPS) is 10.8. The van der Waals surface area contributed by atoms with E-state index in [4.69, 9.17) is 21.4 Å². The van der Waals surface area contributed by atoms with Crippen molar-refractivity contribution in [3.05, 3.63) is 200 Å². The van der Waals surface area contributed by atoms with Gasteiger partial charge in [0.25, 0.3) is 0 Å². The van der Waals surface area contributed by atoms with Crippen LogP contribution in [-0.4, -0.2) is 45.6 Å². The number of esters is 1. The average Bonchev–Trinajstić information content (AvgIpc) is 0.795.